The molecule has 0 fully saturated rings. The Morgan fingerprint density at radius 2 is 2.04 bits per heavy atom. The maximum atomic E-state index is 12.8. The van der Waals surface area contributed by atoms with Crippen LogP contribution in [0.15, 0.2) is 39.3 Å². The molecular weight excluding hydrogens is 410 g/mol. The lowest BCUT2D eigenvalue weighted by Crippen LogP contribution is -2.33. The van der Waals surface area contributed by atoms with Gasteiger partial charge >= 0.3 is 0 Å². The number of rotatable bonds is 2. The van der Waals surface area contributed by atoms with Crippen LogP contribution in [0.4, 0.5) is 5.82 Å². The largest absolute Gasteiger partial charge is 0.364 e. The number of hydrogen-bond acceptors (Lipinski definition) is 6. The molecule has 0 saturated heterocycles. The van der Waals surface area contributed by atoms with Crippen LogP contribution in [-0.2, 0) is 9.84 Å². The summed E-state index contributed by atoms with van der Waals surface area (Å²) in [5.74, 6) is -0.296. The molecule has 0 spiro atoms. The van der Waals surface area contributed by atoms with E-state index in [4.69, 9.17) is 5.73 Å². The molecule has 2 aromatic rings. The highest BCUT2D eigenvalue weighted by atomic mass is 79.9. The number of anilines is 1. The highest BCUT2D eigenvalue weighted by Gasteiger charge is 2.41. The lowest BCUT2D eigenvalue weighted by molar-refractivity contribution is 0.0996. The summed E-state index contributed by atoms with van der Waals surface area (Å²) in [6.07, 6.45) is 1.10. The van der Waals surface area contributed by atoms with Crippen LogP contribution >= 0.6 is 15.9 Å². The normalized spacial score (nSPS) is 21.2. The molecule has 2 aliphatic rings. The number of nitrogens with two attached hydrogens (primary N) is 1. The van der Waals surface area contributed by atoms with Gasteiger partial charge in [0, 0.05) is 10.2 Å². The van der Waals surface area contributed by atoms with E-state index in [9.17, 15) is 13.2 Å². The van der Waals surface area contributed by atoms with Gasteiger partial charge in [-0.2, -0.15) is 0 Å². The van der Waals surface area contributed by atoms with E-state index in [1.165, 1.54) is 4.68 Å². The van der Waals surface area contributed by atoms with Gasteiger partial charge in [0.2, 0.25) is 0 Å². The van der Waals surface area contributed by atoms with Crippen LogP contribution in [0.1, 0.15) is 34.9 Å². The average molecular weight is 424 g/mol. The third-order valence-corrected chi connectivity index (χ3v) is 6.84. The Kier molecular flexibility index (Phi) is 3.69. The highest BCUT2D eigenvalue weighted by Crippen LogP contribution is 2.42. The molecule has 1 unspecified atom stereocenters. The van der Waals surface area contributed by atoms with Crippen molar-refractivity contribution in [1.29, 1.82) is 0 Å². The lowest BCUT2D eigenvalue weighted by atomic mass is 10.0. The zero-order valence-corrected chi connectivity index (χ0v) is 15.3. The van der Waals surface area contributed by atoms with E-state index in [2.05, 4.69) is 31.6 Å². The minimum atomic E-state index is -3.44. The molecule has 1 atom stereocenters. The zero-order valence-electron chi connectivity index (χ0n) is 12.9. The summed E-state index contributed by atoms with van der Waals surface area (Å²) in [6, 6.07) is 6.64. The van der Waals surface area contributed by atoms with Crippen molar-refractivity contribution in [3.8, 4) is 0 Å². The number of nitrogens with zero attached hydrogens (tertiary/aromatic N) is 3. The van der Waals surface area contributed by atoms with Gasteiger partial charge in [0.05, 0.1) is 10.7 Å². The summed E-state index contributed by atoms with van der Waals surface area (Å²) in [5.41, 5.74) is 6.69. The number of nitrogens with one attached hydrogen (secondary N) is 1. The van der Waals surface area contributed by atoms with Crippen molar-refractivity contribution in [3.63, 3.8) is 0 Å². The number of carbonyl (C=O) groups is 1. The molecule has 0 saturated carbocycles. The Morgan fingerprint density at radius 1 is 1.32 bits per heavy atom. The molecule has 8 nitrogen and oxygen atoms in total. The van der Waals surface area contributed by atoms with Crippen molar-refractivity contribution in [2.45, 2.75) is 18.9 Å². The molecule has 0 bridgehead atoms. The fourth-order valence-corrected chi connectivity index (χ4v) is 5.38. The van der Waals surface area contributed by atoms with Crippen LogP contribution in [0.3, 0.4) is 0 Å². The van der Waals surface area contributed by atoms with Gasteiger partial charge in [-0.15, -0.1) is 5.10 Å². The molecule has 3 N–H and O–H groups in total. The Morgan fingerprint density at radius 3 is 2.72 bits per heavy atom. The molecule has 4 rings (SSSR count). The monoisotopic (exact) mass is 423 g/mol. The van der Waals surface area contributed by atoms with Crippen LogP contribution in [-0.4, -0.2) is 35.1 Å². The standard InChI is InChI=1S/C15H14BrN5O3S/c16-9-5-3-8(4-6-9)12-13-10(2-1-7-25(13,23)24)18-15-11(14(17)22)19-20-21(12)15/h3-6,12,18H,1-2,7H2,(H2,17,22). The van der Waals surface area contributed by atoms with Crippen molar-refractivity contribution in [1.82, 2.24) is 15.0 Å². The molecular formula is C15H14BrN5O3S. The number of allylic oxidation sites excluding steroid dienone is 2. The highest BCUT2D eigenvalue weighted by molar-refractivity contribution is 9.10. The first-order valence-electron chi connectivity index (χ1n) is 7.62. The third kappa shape index (κ3) is 2.56. The van der Waals surface area contributed by atoms with Gasteiger partial charge in [-0.05, 0) is 30.5 Å². The summed E-state index contributed by atoms with van der Waals surface area (Å²) < 4.78 is 27.8. The molecule has 0 radical (unpaired) electrons. The van der Waals surface area contributed by atoms with Crippen LogP contribution in [0.5, 0.6) is 0 Å². The Hall–Kier alpha value is -2.20. The molecule has 1 aromatic carbocycles. The third-order valence-electron chi connectivity index (χ3n) is 4.35. The van der Waals surface area contributed by atoms with E-state index in [0.29, 0.717) is 24.4 Å². The molecule has 1 aromatic heterocycles. The number of aromatic nitrogens is 3. The maximum absolute atomic E-state index is 12.8. The molecule has 10 heteroatoms. The number of primary amides is 1. The van der Waals surface area contributed by atoms with Crippen molar-refractivity contribution < 1.29 is 13.2 Å². The lowest BCUT2D eigenvalue weighted by Gasteiger charge is -2.33. The molecule has 0 aliphatic carbocycles. The quantitative estimate of drug-likeness (QED) is 0.756. The topological polar surface area (TPSA) is 120 Å². The van der Waals surface area contributed by atoms with Crippen LogP contribution in [0, 0.1) is 0 Å². The van der Waals surface area contributed by atoms with Gasteiger partial charge in [-0.1, -0.05) is 33.3 Å². The van der Waals surface area contributed by atoms with Gasteiger partial charge in [0.1, 0.15) is 6.04 Å². The van der Waals surface area contributed by atoms with E-state index in [0.717, 1.165) is 10.0 Å². The second-order valence-corrected chi connectivity index (χ2v) is 8.93. The fraction of sp³-hybridized carbons (Fsp3) is 0.267. The maximum Gasteiger partial charge on any atom is 0.273 e. The Balaban J connectivity index is 1.98. The number of sulfone groups is 1. The van der Waals surface area contributed by atoms with Crippen molar-refractivity contribution in [2.75, 3.05) is 11.1 Å². The predicted molar refractivity (Wildman–Crippen MR) is 94.5 cm³/mol. The second kappa shape index (κ2) is 5.67. The fourth-order valence-electron chi connectivity index (χ4n) is 3.27. The minimum absolute atomic E-state index is 0.00312. The van der Waals surface area contributed by atoms with Crippen LogP contribution in [0.25, 0.3) is 0 Å². The van der Waals surface area contributed by atoms with E-state index in [-0.39, 0.29) is 16.4 Å². The first-order valence-corrected chi connectivity index (χ1v) is 10.1. The first kappa shape index (κ1) is 16.3. The zero-order chi connectivity index (χ0) is 17.8. The van der Waals surface area contributed by atoms with Gasteiger partial charge in [-0.3, -0.25) is 4.79 Å². The molecule has 1 amide bonds. The summed E-state index contributed by atoms with van der Waals surface area (Å²) in [7, 11) is -3.44. The van der Waals surface area contributed by atoms with Crippen molar-refractivity contribution in [3.05, 3.63) is 50.6 Å². The number of benzene rings is 1. The van der Waals surface area contributed by atoms with Gasteiger partial charge < -0.3 is 11.1 Å². The average Bonchev–Trinajstić information content (AvgIpc) is 2.97. The Labute approximate surface area is 152 Å². The molecule has 2 aliphatic heterocycles. The molecule has 3 heterocycles. The summed E-state index contributed by atoms with van der Waals surface area (Å²) in [4.78, 5) is 11.9. The SMILES string of the molecule is NC(=O)c1nnn2c1NC1=C(C2c2ccc(Br)cc2)S(=O)(=O)CCC1. The summed E-state index contributed by atoms with van der Waals surface area (Å²) in [6.45, 7) is 0. The predicted octanol–water partition coefficient (Wildman–Crippen LogP) is 1.57. The molecule has 25 heavy (non-hydrogen) atoms. The minimum Gasteiger partial charge on any atom is -0.364 e. The first-order chi connectivity index (χ1) is 11.9. The van der Waals surface area contributed by atoms with Gasteiger partial charge in [0.15, 0.2) is 21.3 Å². The van der Waals surface area contributed by atoms with Crippen LogP contribution in [0.2, 0.25) is 0 Å². The number of fused-ring (bicyclic) bond motifs is 1. The molecule has 130 valence electrons. The van der Waals surface area contributed by atoms with Crippen LogP contribution < -0.4 is 11.1 Å². The number of amides is 1. The number of hydrogen-bond donors (Lipinski definition) is 2. The smallest absolute Gasteiger partial charge is 0.273 e. The summed E-state index contributed by atoms with van der Waals surface area (Å²) >= 11 is 3.38. The van der Waals surface area contributed by atoms with E-state index < -0.39 is 21.8 Å². The number of carbonyl (C=O) groups excluding carboxylic acids is 1. The van der Waals surface area contributed by atoms with Gasteiger partial charge in [0.25, 0.3) is 5.91 Å². The summed E-state index contributed by atoms with van der Waals surface area (Å²) in [5, 5.41) is 10.9. The van der Waals surface area contributed by atoms with E-state index in [1.54, 1.807) is 0 Å². The van der Waals surface area contributed by atoms with E-state index in [1.807, 2.05) is 24.3 Å². The van der Waals surface area contributed by atoms with E-state index >= 15 is 0 Å². The second-order valence-electron chi connectivity index (χ2n) is 5.94. The Bertz CT molecular complexity index is 1010. The number of halogens is 1. The van der Waals surface area contributed by atoms with Gasteiger partial charge in [-0.25, -0.2) is 13.1 Å². The van der Waals surface area contributed by atoms with Crippen molar-refractivity contribution >= 4 is 37.5 Å². The van der Waals surface area contributed by atoms with Crippen molar-refractivity contribution in [2.24, 2.45) is 5.73 Å².